The maximum atomic E-state index is 14.7. The number of aromatic carboxylic acids is 1. The number of rotatable bonds is 17. The standard InChI is InChI=1S/C23H18F2N2O4S.C22H15F2NO4S.C21H13F2NO4S.C20H12BrF2NO2S.C14H8BrF2N/c1-26(31-2)23(28)15-11-12-20-16(13-15)14-21(22-18(24)9-6-10-19(22)25)27(20)32(29,30)17-7-4-3-5-8-17;1-29-22(26)14-10-11-19-15(12-14)13-20(21-17(23)8-5-9-18(21)24)25(19)30(27,28)16-6-3-2-4-7-16;22-16-7-4-8-17(23)20(16)19-12-14-11-13(21(25)26)9-10-18(14)24(19)29(27,28)15-5-2-1-3-6-15;21-14-9-10-18-13(11-14)12-19(20-16(22)7-4-8-17(20)23)24(18)27(25,26)15-5-2-1-3-6-15;15-9-4-5-12-8(6-9)7-13(18-12)14-10(16)2-1-3-11(14)17/h3-14H,1-2H3;2-13H,1H3;1-12H,(H,25,26);1-12H;1-7,18H. The second kappa shape index (κ2) is 39.4. The van der Waals surface area contributed by atoms with E-state index in [-0.39, 0.29) is 92.1 Å². The number of fused-ring (bicyclic) bond motifs is 5. The molecule has 0 saturated heterocycles. The zero-order valence-corrected chi connectivity index (χ0v) is 76.9. The highest BCUT2D eigenvalue weighted by Gasteiger charge is 2.34. The van der Waals surface area contributed by atoms with Crippen LogP contribution in [0.1, 0.15) is 31.1 Å². The Bertz CT molecular complexity index is 8330. The van der Waals surface area contributed by atoms with Crippen molar-refractivity contribution in [3.8, 4) is 56.3 Å². The molecule has 0 aliphatic heterocycles. The van der Waals surface area contributed by atoms with Crippen molar-refractivity contribution in [2.24, 2.45) is 0 Å². The van der Waals surface area contributed by atoms with E-state index >= 15 is 0 Å². The highest BCUT2D eigenvalue weighted by molar-refractivity contribution is 9.10. The van der Waals surface area contributed by atoms with E-state index in [0.29, 0.717) is 27.4 Å². The van der Waals surface area contributed by atoms with Crippen LogP contribution in [0.3, 0.4) is 0 Å². The van der Waals surface area contributed by atoms with Crippen LogP contribution in [0.2, 0.25) is 0 Å². The number of hydrogen-bond acceptors (Lipinski definition) is 13. The summed E-state index contributed by atoms with van der Waals surface area (Å²) < 4.78 is 261. The molecule has 20 nitrogen and oxygen atoms in total. The lowest BCUT2D eigenvalue weighted by atomic mass is 10.1. The van der Waals surface area contributed by atoms with Gasteiger partial charge in [-0.25, -0.2) is 108 Å². The second-order valence-corrected chi connectivity index (χ2v) is 38.6. The lowest BCUT2D eigenvalue weighted by Gasteiger charge is -2.14. The number of benzene rings is 14. The first-order valence-electron chi connectivity index (χ1n) is 40.1. The van der Waals surface area contributed by atoms with Crippen molar-refractivity contribution in [1.82, 2.24) is 25.9 Å². The number of methoxy groups -OCH3 is 1. The molecule has 0 spiro atoms. The maximum absolute atomic E-state index is 14.7. The summed E-state index contributed by atoms with van der Waals surface area (Å²) in [6.07, 6.45) is 0. The van der Waals surface area contributed by atoms with Crippen molar-refractivity contribution in [3.63, 3.8) is 0 Å². The fraction of sp³-hybridized carbons (Fsp3) is 0.0300. The highest BCUT2D eigenvalue weighted by Crippen LogP contribution is 2.42. The zero-order valence-electron chi connectivity index (χ0n) is 70.4. The first kappa shape index (κ1) is 95.8. The minimum absolute atomic E-state index is 0.0233. The summed E-state index contributed by atoms with van der Waals surface area (Å²) in [5, 5.41) is 12.5. The van der Waals surface area contributed by atoms with Gasteiger partial charge in [0, 0.05) is 54.0 Å². The van der Waals surface area contributed by atoms with Crippen LogP contribution in [-0.4, -0.2) is 104 Å². The Morgan fingerprint density at radius 3 is 0.882 bits per heavy atom. The van der Waals surface area contributed by atoms with E-state index in [2.05, 4.69) is 36.8 Å². The minimum Gasteiger partial charge on any atom is -0.478 e. The molecule has 0 fully saturated rings. The zero-order chi connectivity index (χ0) is 97.1. The van der Waals surface area contributed by atoms with Crippen LogP contribution < -0.4 is 0 Å². The predicted octanol–water partition coefficient (Wildman–Crippen LogP) is 24.1. The first-order chi connectivity index (χ1) is 64.9. The number of carbonyl (C=O) groups excluding carboxylic acids is 2. The third-order valence-electron chi connectivity index (χ3n) is 21.3. The molecule has 0 radical (unpaired) electrons. The second-order valence-electron chi connectivity index (χ2n) is 29.7. The quantitative estimate of drug-likeness (QED) is 0.0488. The van der Waals surface area contributed by atoms with Crippen LogP contribution in [0.4, 0.5) is 43.9 Å². The number of carboxylic acids is 1. The molecule has 1 amide bonds. The van der Waals surface area contributed by atoms with E-state index in [1.165, 1.54) is 203 Å². The molecule has 688 valence electrons. The molecular formula is C100H66Br2F10N6O14S4. The van der Waals surface area contributed by atoms with Gasteiger partial charge < -0.3 is 14.8 Å². The van der Waals surface area contributed by atoms with Crippen LogP contribution >= 0.6 is 31.9 Å². The Balaban J connectivity index is 0.000000130. The largest absolute Gasteiger partial charge is 0.478 e. The van der Waals surface area contributed by atoms with Crippen molar-refractivity contribution in [1.29, 1.82) is 0 Å². The number of carbonyl (C=O) groups is 3. The SMILES string of the molecule is COC(=O)c1ccc2c(c1)cc(-c1c(F)cccc1F)n2S(=O)(=O)c1ccccc1.CON(C)C(=O)c1ccc2c(c1)cc(-c1c(F)cccc1F)n2S(=O)(=O)c1ccccc1.Fc1cccc(F)c1-c1cc2cc(Br)ccc2[nH]1.O=C(O)c1ccc2c(c1)cc(-c1c(F)cccc1F)n2S(=O)(=O)c1ccccc1.O=S(=O)(c1ccccc1)n1c(-c2c(F)cccc2F)cc2cc(Br)ccc21. The Hall–Kier alpha value is -14.8. The Kier molecular flexibility index (Phi) is 27.8. The predicted molar refractivity (Wildman–Crippen MR) is 502 cm³/mol. The smallest absolute Gasteiger partial charge is 0.337 e. The van der Waals surface area contributed by atoms with Gasteiger partial charge in [-0.1, -0.05) is 135 Å². The van der Waals surface area contributed by atoms with Gasteiger partial charge in [0.2, 0.25) is 0 Å². The fourth-order valence-corrected chi connectivity index (χ4v) is 21.9. The average Bonchev–Trinajstić information content (AvgIpc) is 1.59. The van der Waals surface area contributed by atoms with Gasteiger partial charge in [-0.2, -0.15) is 0 Å². The molecule has 0 unspecified atom stereocenters. The number of carboxylic acid groups (broad SMARTS) is 1. The number of halogens is 12. The molecule has 19 rings (SSSR count). The molecule has 0 saturated carbocycles. The number of nitrogens with one attached hydrogen (secondary N) is 1. The molecule has 2 N–H and O–H groups in total. The monoisotopic (exact) mass is 2050 g/mol. The van der Waals surface area contributed by atoms with Gasteiger partial charge in [-0.05, 0) is 231 Å². The van der Waals surface area contributed by atoms with Crippen molar-refractivity contribution in [2.45, 2.75) is 19.6 Å². The topological polar surface area (TPSA) is 265 Å². The summed E-state index contributed by atoms with van der Waals surface area (Å²) in [6, 6.07) is 77.6. The molecule has 0 atom stereocenters. The van der Waals surface area contributed by atoms with Gasteiger partial charge in [-0.3, -0.25) is 9.63 Å². The summed E-state index contributed by atoms with van der Waals surface area (Å²) in [6.45, 7) is 0. The lowest BCUT2D eigenvalue weighted by molar-refractivity contribution is -0.0756. The molecular weight excluding hydrogens is 1990 g/mol. The number of H-pyrrole nitrogens is 1. The third-order valence-corrected chi connectivity index (χ3v) is 29.2. The summed E-state index contributed by atoms with van der Waals surface area (Å²) in [5.74, 6) is -10.6. The van der Waals surface area contributed by atoms with Crippen LogP contribution in [0.15, 0.2) is 362 Å². The molecule has 36 heteroatoms. The van der Waals surface area contributed by atoms with E-state index in [9.17, 15) is 97.1 Å². The van der Waals surface area contributed by atoms with Crippen molar-refractivity contribution in [2.75, 3.05) is 21.3 Å². The van der Waals surface area contributed by atoms with Crippen LogP contribution in [-0.2, 0) is 49.7 Å². The Morgan fingerprint density at radius 1 is 0.309 bits per heavy atom. The van der Waals surface area contributed by atoms with Crippen molar-refractivity contribution in [3.05, 3.63) is 417 Å². The normalized spacial score (nSPS) is 11.6. The minimum atomic E-state index is -4.23. The van der Waals surface area contributed by atoms with Gasteiger partial charge in [0.25, 0.3) is 46.0 Å². The highest BCUT2D eigenvalue weighted by atomic mass is 79.9. The van der Waals surface area contributed by atoms with Gasteiger partial charge in [-0.15, -0.1) is 0 Å². The number of hydroxylamine groups is 2. The summed E-state index contributed by atoms with van der Waals surface area (Å²) >= 11 is 6.70. The Labute approximate surface area is 785 Å². The number of nitrogens with zero attached hydrogens (tertiary/aromatic N) is 5. The number of hydrogen-bond donors (Lipinski definition) is 2. The molecule has 5 heterocycles. The number of aromatic amines is 1. The van der Waals surface area contributed by atoms with E-state index in [0.717, 1.165) is 89.3 Å². The molecule has 5 aromatic heterocycles. The van der Waals surface area contributed by atoms with Gasteiger partial charge >= 0.3 is 11.9 Å². The van der Waals surface area contributed by atoms with E-state index in [4.69, 9.17) is 9.57 Å². The van der Waals surface area contributed by atoms with E-state index < -0.39 is 133 Å². The number of aromatic nitrogens is 5. The first-order valence-corrected chi connectivity index (χ1v) is 47.4. The van der Waals surface area contributed by atoms with E-state index in [1.807, 2.05) is 18.2 Å². The molecule has 14 aromatic carbocycles. The van der Waals surface area contributed by atoms with Gasteiger partial charge in [0.15, 0.2) is 0 Å². The van der Waals surface area contributed by atoms with Crippen molar-refractivity contribution >= 4 is 144 Å². The Morgan fingerprint density at radius 2 is 0.574 bits per heavy atom. The molecule has 0 aliphatic rings. The van der Waals surface area contributed by atoms with Crippen LogP contribution in [0.5, 0.6) is 0 Å². The summed E-state index contributed by atoms with van der Waals surface area (Å²) in [7, 11) is -12.8. The molecule has 19 aromatic rings. The van der Waals surface area contributed by atoms with Crippen molar-refractivity contribution < 1.29 is 107 Å². The lowest BCUT2D eigenvalue weighted by Crippen LogP contribution is -2.25. The average molecular weight is 2050 g/mol. The fourth-order valence-electron chi connectivity index (χ4n) is 15.0. The van der Waals surface area contributed by atoms with Gasteiger partial charge in [0.05, 0.1) is 123 Å². The van der Waals surface area contributed by atoms with Gasteiger partial charge in [0.1, 0.15) is 58.2 Å². The van der Waals surface area contributed by atoms with E-state index in [1.54, 1.807) is 84.9 Å². The number of amides is 1. The van der Waals surface area contributed by atoms with Crippen LogP contribution in [0.25, 0.3) is 111 Å². The van der Waals surface area contributed by atoms with Crippen LogP contribution in [0, 0.1) is 58.2 Å². The molecule has 136 heavy (non-hydrogen) atoms. The third kappa shape index (κ3) is 19.0. The molecule has 0 bridgehead atoms. The number of ether oxygens (including phenoxy) is 1. The summed E-state index contributed by atoms with van der Waals surface area (Å²) in [5.41, 5.74) is -0.172. The maximum Gasteiger partial charge on any atom is 0.337 e. The number of esters is 1. The molecule has 0 aliphatic carbocycles. The summed E-state index contributed by atoms with van der Waals surface area (Å²) in [4.78, 5) is 43.4.